The van der Waals surface area contributed by atoms with Gasteiger partial charge in [0, 0.05) is 5.56 Å². The highest BCUT2D eigenvalue weighted by Crippen LogP contribution is 2.30. The Morgan fingerprint density at radius 3 is 2.74 bits per heavy atom. The number of rotatable bonds is 3. The average Bonchev–Trinajstić information content (AvgIpc) is 2.41. The summed E-state index contributed by atoms with van der Waals surface area (Å²) in [7, 11) is 0. The Kier molecular flexibility index (Phi) is 4.03. The molecular formula is C15H11ClFNO. The van der Waals surface area contributed by atoms with E-state index in [-0.39, 0.29) is 17.2 Å². The molecule has 0 unspecified atom stereocenters. The zero-order valence-electron chi connectivity index (χ0n) is 10.3. The Labute approximate surface area is 116 Å². The van der Waals surface area contributed by atoms with Crippen LogP contribution in [0.25, 0.3) is 0 Å². The number of nitriles is 1. The molecule has 0 aliphatic carbocycles. The second-order valence-electron chi connectivity index (χ2n) is 4.07. The van der Waals surface area contributed by atoms with E-state index in [1.807, 2.05) is 19.1 Å². The zero-order chi connectivity index (χ0) is 13.8. The van der Waals surface area contributed by atoms with Crippen LogP contribution in [0.2, 0.25) is 0 Å². The van der Waals surface area contributed by atoms with E-state index < -0.39 is 5.82 Å². The summed E-state index contributed by atoms with van der Waals surface area (Å²) < 4.78 is 19.1. The third-order valence-electron chi connectivity index (χ3n) is 2.67. The summed E-state index contributed by atoms with van der Waals surface area (Å²) >= 11 is 5.86. The van der Waals surface area contributed by atoms with Gasteiger partial charge >= 0.3 is 0 Å². The Morgan fingerprint density at radius 1 is 1.26 bits per heavy atom. The molecule has 0 radical (unpaired) electrons. The van der Waals surface area contributed by atoms with Crippen molar-refractivity contribution in [3.63, 3.8) is 0 Å². The fourth-order valence-corrected chi connectivity index (χ4v) is 1.94. The molecule has 0 N–H and O–H groups in total. The molecule has 0 amide bonds. The van der Waals surface area contributed by atoms with E-state index >= 15 is 0 Å². The number of ether oxygens (including phenoxy) is 1. The minimum Gasteiger partial charge on any atom is -0.456 e. The number of alkyl halides is 1. The normalized spacial score (nSPS) is 10.0. The van der Waals surface area contributed by atoms with Crippen LogP contribution in [0.1, 0.15) is 16.7 Å². The van der Waals surface area contributed by atoms with Gasteiger partial charge in [-0.2, -0.15) is 5.26 Å². The molecule has 19 heavy (non-hydrogen) atoms. The van der Waals surface area contributed by atoms with Crippen molar-refractivity contribution < 1.29 is 9.13 Å². The quantitative estimate of drug-likeness (QED) is 0.771. The molecule has 2 nitrogen and oxygen atoms in total. The molecule has 0 saturated heterocycles. The van der Waals surface area contributed by atoms with Crippen molar-refractivity contribution in [2.75, 3.05) is 0 Å². The van der Waals surface area contributed by atoms with Crippen LogP contribution in [0.4, 0.5) is 4.39 Å². The topological polar surface area (TPSA) is 33.0 Å². The second-order valence-corrected chi connectivity index (χ2v) is 4.34. The maximum Gasteiger partial charge on any atom is 0.148 e. The standard InChI is InChI=1S/C15H11ClFNO/c1-10-5-6-14(11(7-10)8-16)19-15-4-2-3-13(17)12(15)9-18/h2-7H,8H2,1H3. The molecule has 0 fully saturated rings. The molecule has 0 saturated carbocycles. The molecule has 0 bridgehead atoms. The minimum atomic E-state index is -0.598. The molecule has 0 atom stereocenters. The van der Waals surface area contributed by atoms with Crippen LogP contribution in [-0.2, 0) is 5.88 Å². The Hall–Kier alpha value is -2.05. The molecule has 0 heterocycles. The lowest BCUT2D eigenvalue weighted by molar-refractivity contribution is 0.470. The summed E-state index contributed by atoms with van der Waals surface area (Å²) in [6.45, 7) is 1.95. The third-order valence-corrected chi connectivity index (χ3v) is 2.95. The zero-order valence-corrected chi connectivity index (χ0v) is 11.0. The molecule has 4 heteroatoms. The van der Waals surface area contributed by atoms with Crippen molar-refractivity contribution in [2.24, 2.45) is 0 Å². The molecule has 2 rings (SSSR count). The van der Waals surface area contributed by atoms with E-state index in [0.29, 0.717) is 5.75 Å². The maximum atomic E-state index is 13.5. The Morgan fingerprint density at radius 2 is 2.05 bits per heavy atom. The van der Waals surface area contributed by atoms with E-state index in [4.69, 9.17) is 21.6 Å². The van der Waals surface area contributed by atoms with Crippen molar-refractivity contribution in [3.8, 4) is 17.6 Å². The first-order chi connectivity index (χ1) is 9.15. The third kappa shape index (κ3) is 2.86. The van der Waals surface area contributed by atoms with E-state index in [2.05, 4.69) is 0 Å². The minimum absolute atomic E-state index is 0.108. The van der Waals surface area contributed by atoms with Crippen molar-refractivity contribution in [3.05, 3.63) is 58.9 Å². The van der Waals surface area contributed by atoms with Crippen LogP contribution in [-0.4, -0.2) is 0 Å². The van der Waals surface area contributed by atoms with Crippen LogP contribution in [0.3, 0.4) is 0 Å². The predicted octanol–water partition coefficient (Wildman–Crippen LogP) is 4.54. The molecule has 2 aromatic rings. The number of nitrogens with zero attached hydrogens (tertiary/aromatic N) is 1. The van der Waals surface area contributed by atoms with Gasteiger partial charge in [-0.25, -0.2) is 4.39 Å². The summed E-state index contributed by atoms with van der Waals surface area (Å²) in [6, 6.07) is 11.6. The number of halogens is 2. The molecule has 0 aliphatic rings. The van der Waals surface area contributed by atoms with Crippen molar-refractivity contribution in [1.82, 2.24) is 0 Å². The predicted molar refractivity (Wildman–Crippen MR) is 71.9 cm³/mol. The molecule has 0 spiro atoms. The highest BCUT2D eigenvalue weighted by molar-refractivity contribution is 6.17. The summed E-state index contributed by atoms with van der Waals surface area (Å²) in [4.78, 5) is 0. The van der Waals surface area contributed by atoms with Gasteiger partial charge in [-0.15, -0.1) is 11.6 Å². The summed E-state index contributed by atoms with van der Waals surface area (Å²) in [5.74, 6) is 0.411. The number of hydrogen-bond acceptors (Lipinski definition) is 2. The van der Waals surface area contributed by atoms with Crippen LogP contribution in [0, 0.1) is 24.1 Å². The van der Waals surface area contributed by atoms with Crippen LogP contribution < -0.4 is 4.74 Å². The largest absolute Gasteiger partial charge is 0.456 e. The van der Waals surface area contributed by atoms with E-state index in [1.54, 1.807) is 18.2 Å². The monoisotopic (exact) mass is 275 g/mol. The molecule has 0 aliphatic heterocycles. The van der Waals surface area contributed by atoms with Gasteiger partial charge in [0.2, 0.25) is 0 Å². The fraction of sp³-hybridized carbons (Fsp3) is 0.133. The summed E-state index contributed by atoms with van der Waals surface area (Å²) in [5.41, 5.74) is 1.75. The lowest BCUT2D eigenvalue weighted by Gasteiger charge is -2.11. The van der Waals surface area contributed by atoms with Gasteiger partial charge in [0.15, 0.2) is 0 Å². The van der Waals surface area contributed by atoms with Crippen molar-refractivity contribution in [2.45, 2.75) is 12.8 Å². The molecule has 0 aromatic heterocycles. The van der Waals surface area contributed by atoms with Gasteiger partial charge in [-0.1, -0.05) is 23.8 Å². The molecule has 96 valence electrons. The number of benzene rings is 2. The second kappa shape index (κ2) is 5.73. The smallest absolute Gasteiger partial charge is 0.148 e. The van der Waals surface area contributed by atoms with Gasteiger partial charge < -0.3 is 4.74 Å². The van der Waals surface area contributed by atoms with E-state index in [0.717, 1.165) is 11.1 Å². The number of aryl methyl sites for hydroxylation is 1. The highest BCUT2D eigenvalue weighted by Gasteiger charge is 2.11. The van der Waals surface area contributed by atoms with E-state index in [1.165, 1.54) is 12.1 Å². The van der Waals surface area contributed by atoms with Gasteiger partial charge in [-0.05, 0) is 25.1 Å². The molecular weight excluding hydrogens is 265 g/mol. The summed E-state index contributed by atoms with van der Waals surface area (Å²) in [5, 5.41) is 8.95. The van der Waals surface area contributed by atoms with Crippen molar-refractivity contribution in [1.29, 1.82) is 5.26 Å². The SMILES string of the molecule is Cc1ccc(Oc2cccc(F)c2C#N)c(CCl)c1. The van der Waals surface area contributed by atoms with Gasteiger partial charge in [0.1, 0.15) is 28.9 Å². The Bertz CT molecular complexity index is 649. The molecule has 2 aromatic carbocycles. The van der Waals surface area contributed by atoms with E-state index in [9.17, 15) is 4.39 Å². The Balaban J connectivity index is 2.42. The van der Waals surface area contributed by atoms with Gasteiger partial charge in [-0.3, -0.25) is 0 Å². The van der Waals surface area contributed by atoms with Crippen LogP contribution in [0.15, 0.2) is 36.4 Å². The first kappa shape index (κ1) is 13.4. The fourth-order valence-electron chi connectivity index (χ4n) is 1.73. The summed E-state index contributed by atoms with van der Waals surface area (Å²) in [6.07, 6.45) is 0. The lowest BCUT2D eigenvalue weighted by Crippen LogP contribution is -1.94. The van der Waals surface area contributed by atoms with Gasteiger partial charge in [0.05, 0.1) is 5.88 Å². The van der Waals surface area contributed by atoms with Gasteiger partial charge in [0.25, 0.3) is 0 Å². The maximum absolute atomic E-state index is 13.5. The van der Waals surface area contributed by atoms with Crippen molar-refractivity contribution >= 4 is 11.6 Å². The average molecular weight is 276 g/mol. The first-order valence-electron chi connectivity index (χ1n) is 5.67. The van der Waals surface area contributed by atoms with Crippen LogP contribution in [0.5, 0.6) is 11.5 Å². The first-order valence-corrected chi connectivity index (χ1v) is 6.21. The highest BCUT2D eigenvalue weighted by atomic mass is 35.5. The number of hydrogen-bond donors (Lipinski definition) is 0. The lowest BCUT2D eigenvalue weighted by atomic mass is 10.1. The van der Waals surface area contributed by atoms with Crippen LogP contribution >= 0.6 is 11.6 Å².